The molecule has 1 atom stereocenters. The van der Waals surface area contributed by atoms with Crippen LogP contribution in [0.15, 0.2) is 0 Å². The lowest BCUT2D eigenvalue weighted by Crippen LogP contribution is -2.22. The molecule has 1 N–H and O–H groups in total. The smallest absolute Gasteiger partial charge is 0.0795 e. The minimum Gasteiger partial charge on any atom is -0.391 e. The van der Waals surface area contributed by atoms with E-state index in [2.05, 4.69) is 0 Å². The van der Waals surface area contributed by atoms with Gasteiger partial charge in [-0.3, -0.25) is 0 Å². The van der Waals surface area contributed by atoms with Crippen LogP contribution in [-0.2, 0) is 9.47 Å². The van der Waals surface area contributed by atoms with Gasteiger partial charge in [0.05, 0.1) is 19.3 Å². The van der Waals surface area contributed by atoms with Crippen molar-refractivity contribution < 1.29 is 14.6 Å². The van der Waals surface area contributed by atoms with E-state index in [4.69, 9.17) is 9.47 Å². The Hall–Kier alpha value is -0.160. The van der Waals surface area contributed by atoms with Crippen LogP contribution in [0.25, 0.3) is 0 Å². The number of methoxy groups -OCH3 is 1. The largest absolute Gasteiger partial charge is 0.391 e. The molecular weight excluding hydrogens is 170 g/mol. The Morgan fingerprint density at radius 2 is 2.00 bits per heavy atom. The van der Waals surface area contributed by atoms with E-state index in [0.717, 1.165) is 6.54 Å². The lowest BCUT2D eigenvalue weighted by molar-refractivity contribution is 0.0156. The maximum Gasteiger partial charge on any atom is 0.0795 e. The van der Waals surface area contributed by atoms with Gasteiger partial charge in [-0.1, -0.05) is 0 Å². The summed E-state index contributed by atoms with van der Waals surface area (Å²) in [7, 11) is 5.61. The summed E-state index contributed by atoms with van der Waals surface area (Å²) in [5.41, 5.74) is 0. The van der Waals surface area contributed by atoms with Gasteiger partial charge < -0.3 is 19.5 Å². The first kappa shape index (κ1) is 12.8. The second-order valence-corrected chi connectivity index (χ2v) is 3.31. The zero-order valence-electron chi connectivity index (χ0n) is 8.82. The van der Waals surface area contributed by atoms with E-state index in [0.29, 0.717) is 26.2 Å². The van der Waals surface area contributed by atoms with E-state index in [1.165, 1.54) is 0 Å². The van der Waals surface area contributed by atoms with Crippen molar-refractivity contribution in [3.05, 3.63) is 0 Å². The van der Waals surface area contributed by atoms with Crippen molar-refractivity contribution in [1.82, 2.24) is 4.90 Å². The lowest BCUT2D eigenvalue weighted by Gasteiger charge is -2.12. The summed E-state index contributed by atoms with van der Waals surface area (Å²) in [5, 5.41) is 9.33. The van der Waals surface area contributed by atoms with Crippen molar-refractivity contribution in [2.24, 2.45) is 0 Å². The van der Waals surface area contributed by atoms with E-state index < -0.39 is 6.10 Å². The molecule has 4 nitrogen and oxygen atoms in total. The Bertz CT molecular complexity index is 109. The van der Waals surface area contributed by atoms with Crippen LogP contribution in [0.1, 0.15) is 6.42 Å². The predicted molar refractivity (Wildman–Crippen MR) is 51.9 cm³/mol. The van der Waals surface area contributed by atoms with Gasteiger partial charge in [-0.2, -0.15) is 0 Å². The van der Waals surface area contributed by atoms with Crippen molar-refractivity contribution >= 4 is 0 Å². The molecule has 0 aromatic carbocycles. The molecule has 0 aliphatic carbocycles. The van der Waals surface area contributed by atoms with Crippen LogP contribution in [0.3, 0.4) is 0 Å². The standard InChI is InChI=1S/C9H21NO3/c1-10(2)5-7-13-8-9(11)4-6-12-3/h9,11H,4-8H2,1-3H3. The molecule has 0 heterocycles. The SMILES string of the molecule is COCCC(O)COCCN(C)C. The van der Waals surface area contributed by atoms with Crippen molar-refractivity contribution in [3.63, 3.8) is 0 Å². The minimum atomic E-state index is -0.401. The maximum absolute atomic E-state index is 9.33. The molecule has 4 heteroatoms. The molecular formula is C9H21NO3. The normalized spacial score (nSPS) is 13.6. The molecule has 0 aromatic heterocycles. The third kappa shape index (κ3) is 9.76. The first-order valence-corrected chi connectivity index (χ1v) is 4.56. The summed E-state index contributed by atoms with van der Waals surface area (Å²) in [6.45, 7) is 2.53. The highest BCUT2D eigenvalue weighted by Gasteiger charge is 2.03. The topological polar surface area (TPSA) is 41.9 Å². The van der Waals surface area contributed by atoms with Gasteiger partial charge in [-0.05, 0) is 20.5 Å². The zero-order valence-corrected chi connectivity index (χ0v) is 8.82. The van der Waals surface area contributed by atoms with Crippen LogP contribution in [0.4, 0.5) is 0 Å². The summed E-state index contributed by atoms with van der Waals surface area (Å²) in [5.74, 6) is 0. The van der Waals surface area contributed by atoms with Gasteiger partial charge in [0.25, 0.3) is 0 Å². The minimum absolute atomic E-state index is 0.400. The molecule has 0 aromatic rings. The fourth-order valence-electron chi connectivity index (χ4n) is 0.804. The van der Waals surface area contributed by atoms with Crippen LogP contribution in [0.5, 0.6) is 0 Å². The molecule has 80 valence electrons. The monoisotopic (exact) mass is 191 g/mol. The molecule has 0 amide bonds. The fraction of sp³-hybridized carbons (Fsp3) is 1.00. The summed E-state index contributed by atoms with van der Waals surface area (Å²) in [6, 6.07) is 0. The Labute approximate surface area is 80.4 Å². The molecule has 0 saturated carbocycles. The number of ether oxygens (including phenoxy) is 2. The highest BCUT2D eigenvalue weighted by atomic mass is 16.5. The first-order valence-electron chi connectivity index (χ1n) is 4.56. The van der Waals surface area contributed by atoms with Gasteiger partial charge in [-0.15, -0.1) is 0 Å². The highest BCUT2D eigenvalue weighted by Crippen LogP contribution is 1.92. The molecule has 0 bridgehead atoms. The number of likely N-dealkylation sites (N-methyl/N-ethyl adjacent to an activating group) is 1. The van der Waals surface area contributed by atoms with Gasteiger partial charge in [0.1, 0.15) is 0 Å². The fourth-order valence-corrected chi connectivity index (χ4v) is 0.804. The van der Waals surface area contributed by atoms with E-state index in [1.807, 2.05) is 19.0 Å². The highest BCUT2D eigenvalue weighted by molar-refractivity contribution is 4.52. The quantitative estimate of drug-likeness (QED) is 0.547. The second-order valence-electron chi connectivity index (χ2n) is 3.31. The molecule has 0 saturated heterocycles. The number of aliphatic hydroxyl groups is 1. The molecule has 0 fully saturated rings. The Balaban J connectivity index is 3.12. The number of hydrogen-bond acceptors (Lipinski definition) is 4. The van der Waals surface area contributed by atoms with Crippen LogP contribution in [-0.4, -0.2) is 63.7 Å². The maximum atomic E-state index is 9.33. The summed E-state index contributed by atoms with van der Waals surface area (Å²) in [6.07, 6.45) is 0.237. The third-order valence-corrected chi connectivity index (χ3v) is 1.65. The van der Waals surface area contributed by atoms with Crippen molar-refractivity contribution in [2.75, 3.05) is 47.6 Å². The van der Waals surface area contributed by atoms with Crippen molar-refractivity contribution in [1.29, 1.82) is 0 Å². The van der Waals surface area contributed by atoms with Crippen LogP contribution in [0.2, 0.25) is 0 Å². The average molecular weight is 191 g/mol. The molecule has 0 aliphatic rings. The lowest BCUT2D eigenvalue weighted by atomic mass is 10.3. The average Bonchev–Trinajstić information content (AvgIpc) is 2.08. The Morgan fingerprint density at radius 3 is 2.54 bits per heavy atom. The van der Waals surface area contributed by atoms with E-state index in [-0.39, 0.29) is 0 Å². The Kier molecular flexibility index (Phi) is 8.33. The first-order chi connectivity index (χ1) is 6.16. The van der Waals surface area contributed by atoms with E-state index in [1.54, 1.807) is 7.11 Å². The molecule has 0 spiro atoms. The third-order valence-electron chi connectivity index (χ3n) is 1.65. The number of nitrogens with zero attached hydrogens (tertiary/aromatic N) is 1. The number of rotatable bonds is 8. The zero-order chi connectivity index (χ0) is 10.1. The van der Waals surface area contributed by atoms with Gasteiger partial charge in [-0.25, -0.2) is 0 Å². The molecule has 13 heavy (non-hydrogen) atoms. The summed E-state index contributed by atoms with van der Waals surface area (Å²) < 4.78 is 10.1. The van der Waals surface area contributed by atoms with Gasteiger partial charge in [0, 0.05) is 20.3 Å². The van der Waals surface area contributed by atoms with Crippen LogP contribution >= 0.6 is 0 Å². The molecule has 1 unspecified atom stereocenters. The number of hydrogen-bond donors (Lipinski definition) is 1. The van der Waals surface area contributed by atoms with Gasteiger partial charge >= 0.3 is 0 Å². The molecule has 0 aliphatic heterocycles. The molecule has 0 rings (SSSR count). The van der Waals surface area contributed by atoms with Crippen LogP contribution in [0, 0.1) is 0 Å². The summed E-state index contributed by atoms with van der Waals surface area (Å²) in [4.78, 5) is 2.04. The van der Waals surface area contributed by atoms with E-state index >= 15 is 0 Å². The van der Waals surface area contributed by atoms with Crippen molar-refractivity contribution in [2.45, 2.75) is 12.5 Å². The number of aliphatic hydroxyl groups excluding tert-OH is 1. The Morgan fingerprint density at radius 1 is 1.31 bits per heavy atom. The predicted octanol–water partition coefficient (Wildman–Crippen LogP) is -0.0380. The second kappa shape index (κ2) is 8.44. The van der Waals surface area contributed by atoms with Gasteiger partial charge in [0.2, 0.25) is 0 Å². The van der Waals surface area contributed by atoms with Crippen molar-refractivity contribution in [3.8, 4) is 0 Å². The summed E-state index contributed by atoms with van der Waals surface area (Å²) >= 11 is 0. The van der Waals surface area contributed by atoms with Crippen LogP contribution < -0.4 is 0 Å². The van der Waals surface area contributed by atoms with E-state index in [9.17, 15) is 5.11 Å². The molecule has 0 radical (unpaired) electrons. The van der Waals surface area contributed by atoms with Gasteiger partial charge in [0.15, 0.2) is 0 Å².